The number of ether oxygens (including phenoxy) is 1. The topological polar surface area (TPSA) is 97.6 Å². The van der Waals surface area contributed by atoms with Crippen molar-refractivity contribution in [2.24, 2.45) is 4.36 Å². The van der Waals surface area contributed by atoms with E-state index in [-0.39, 0.29) is 11.3 Å². The number of hydrogen-bond donors (Lipinski definition) is 2. The van der Waals surface area contributed by atoms with E-state index in [1.54, 1.807) is 28.9 Å². The molecule has 0 saturated carbocycles. The van der Waals surface area contributed by atoms with Crippen LogP contribution in [0.3, 0.4) is 0 Å². The number of aryl methyl sites for hydroxylation is 1. The third-order valence-corrected chi connectivity index (χ3v) is 8.88. The number of nitrogens with zero attached hydrogens (tertiary/aromatic N) is 3. The highest BCUT2D eigenvalue weighted by Crippen LogP contribution is 2.40. The molecule has 36 heavy (non-hydrogen) atoms. The fourth-order valence-corrected chi connectivity index (χ4v) is 6.93. The standard InChI is InChI=1S/C26H28FN5O3S/c1-26(2)15-35-24-22(14-28-32(24)26)36(34,30-19-8-4-3-5-9-19)31-25(33)29-23-20-10-6-7-16(20)11-17-12-18(27)13-21(17)23/h3-5,8-9,11,14,18H,6-7,10,12-13,15H2,1-2H3,(H2,29,30,31,33,34)/t18-,36-/m1/s1. The van der Waals surface area contributed by atoms with Crippen LogP contribution in [0.5, 0.6) is 5.88 Å². The lowest BCUT2D eigenvalue weighted by Crippen LogP contribution is -2.26. The predicted octanol–water partition coefficient (Wildman–Crippen LogP) is 5.02. The van der Waals surface area contributed by atoms with Gasteiger partial charge < -0.3 is 10.1 Å². The molecular weight excluding hydrogens is 481 g/mol. The Bertz CT molecular complexity index is 1490. The minimum atomic E-state index is -3.53. The van der Waals surface area contributed by atoms with Gasteiger partial charge in [-0.1, -0.05) is 24.3 Å². The SMILES string of the molecule is CC1(C)COc2c([S@](=O)(=NC(=O)Nc3c4c(cc5c3C[C@H](F)C5)CCC4)Nc3ccccc3)cnn21. The summed E-state index contributed by atoms with van der Waals surface area (Å²) in [6.45, 7) is 4.29. The summed E-state index contributed by atoms with van der Waals surface area (Å²) in [6.07, 6.45) is 3.79. The van der Waals surface area contributed by atoms with E-state index in [2.05, 4.69) is 25.6 Å². The normalized spacial score (nSPS) is 20.6. The summed E-state index contributed by atoms with van der Waals surface area (Å²) in [4.78, 5) is 13.6. The molecule has 1 aromatic heterocycles. The van der Waals surface area contributed by atoms with E-state index in [1.807, 2.05) is 19.9 Å². The van der Waals surface area contributed by atoms with E-state index in [9.17, 15) is 13.4 Å². The van der Waals surface area contributed by atoms with Gasteiger partial charge in [0.05, 0.1) is 11.7 Å². The molecule has 0 saturated heterocycles. The van der Waals surface area contributed by atoms with E-state index in [1.165, 1.54) is 6.20 Å². The second-order valence-electron chi connectivity index (χ2n) is 10.2. The number of alkyl halides is 1. The fraction of sp³-hybridized carbons (Fsp3) is 0.385. The number of amides is 2. The Balaban J connectivity index is 1.42. The van der Waals surface area contributed by atoms with Gasteiger partial charge in [0, 0.05) is 24.2 Å². The van der Waals surface area contributed by atoms with Crippen molar-refractivity contribution >= 4 is 27.3 Å². The van der Waals surface area contributed by atoms with Gasteiger partial charge >= 0.3 is 6.03 Å². The number of benzene rings is 2. The first kappa shape index (κ1) is 23.0. The summed E-state index contributed by atoms with van der Waals surface area (Å²) in [5.74, 6) is 0.326. The molecule has 1 aliphatic heterocycles. The Labute approximate surface area is 209 Å². The number of anilines is 2. The summed E-state index contributed by atoms with van der Waals surface area (Å²) in [5, 5.41) is 7.28. The predicted molar refractivity (Wildman–Crippen MR) is 136 cm³/mol. The van der Waals surface area contributed by atoms with Gasteiger partial charge in [-0.2, -0.15) is 5.10 Å². The monoisotopic (exact) mass is 509 g/mol. The highest BCUT2D eigenvalue weighted by molar-refractivity contribution is 7.95. The highest BCUT2D eigenvalue weighted by atomic mass is 32.2. The zero-order valence-electron chi connectivity index (χ0n) is 20.2. The van der Waals surface area contributed by atoms with Crippen molar-refractivity contribution < 1.29 is 18.1 Å². The van der Waals surface area contributed by atoms with E-state index >= 15 is 0 Å². The van der Waals surface area contributed by atoms with Crippen molar-refractivity contribution in [3.05, 3.63) is 64.8 Å². The molecule has 0 spiro atoms. The fourth-order valence-electron chi connectivity index (χ4n) is 5.37. The van der Waals surface area contributed by atoms with E-state index < -0.39 is 27.7 Å². The maximum absolute atomic E-state index is 14.4. The molecule has 2 aromatic carbocycles. The van der Waals surface area contributed by atoms with Crippen molar-refractivity contribution in [3.8, 4) is 5.88 Å². The Kier molecular flexibility index (Phi) is 5.33. The van der Waals surface area contributed by atoms with Crippen LogP contribution < -0.4 is 14.8 Å². The molecule has 2 aliphatic carbocycles. The lowest BCUT2D eigenvalue weighted by Gasteiger charge is -2.16. The van der Waals surface area contributed by atoms with Crippen LogP contribution in [0.4, 0.5) is 20.6 Å². The number of urea groups is 1. The molecule has 3 aliphatic rings. The molecule has 6 rings (SSSR count). The Hall–Kier alpha value is -3.40. The van der Waals surface area contributed by atoms with Gasteiger partial charge in [-0.3, -0.25) is 4.72 Å². The van der Waals surface area contributed by atoms with E-state index in [0.29, 0.717) is 30.3 Å². The van der Waals surface area contributed by atoms with Crippen molar-refractivity contribution in [3.63, 3.8) is 0 Å². The van der Waals surface area contributed by atoms with Gasteiger partial charge in [0.15, 0.2) is 9.92 Å². The van der Waals surface area contributed by atoms with Crippen molar-refractivity contribution in [1.82, 2.24) is 9.78 Å². The molecule has 0 radical (unpaired) electrons. The molecule has 2 amide bonds. The summed E-state index contributed by atoms with van der Waals surface area (Å²) in [7, 11) is -3.53. The maximum atomic E-state index is 14.4. The van der Waals surface area contributed by atoms with Gasteiger partial charge in [0.2, 0.25) is 5.88 Å². The zero-order valence-corrected chi connectivity index (χ0v) is 21.0. The second-order valence-corrected chi connectivity index (χ2v) is 12.1. The summed E-state index contributed by atoms with van der Waals surface area (Å²) >= 11 is 0. The minimum absolute atomic E-state index is 0.208. The number of rotatable bonds is 4. The Morgan fingerprint density at radius 2 is 2.00 bits per heavy atom. The Morgan fingerprint density at radius 3 is 2.81 bits per heavy atom. The number of nitrogens with one attached hydrogen (secondary N) is 2. The second kappa shape index (κ2) is 8.33. The first-order chi connectivity index (χ1) is 17.2. The molecule has 2 atom stereocenters. The number of carbonyl (C=O) groups excluding carboxylic acids is 1. The van der Waals surface area contributed by atoms with Crippen LogP contribution in [0.1, 0.15) is 42.5 Å². The highest BCUT2D eigenvalue weighted by Gasteiger charge is 2.38. The molecule has 10 heteroatoms. The lowest BCUT2D eigenvalue weighted by atomic mass is 9.99. The number of hydrogen-bond acceptors (Lipinski definition) is 4. The van der Waals surface area contributed by atoms with Gasteiger partial charge in [-0.05, 0) is 67.5 Å². The quantitative estimate of drug-likeness (QED) is 0.516. The first-order valence-electron chi connectivity index (χ1n) is 12.2. The van der Waals surface area contributed by atoms with Crippen LogP contribution in [0.15, 0.2) is 51.9 Å². The molecule has 2 N–H and O–H groups in total. The lowest BCUT2D eigenvalue weighted by molar-refractivity contribution is 0.259. The third-order valence-electron chi connectivity index (χ3n) is 7.07. The van der Waals surface area contributed by atoms with Gasteiger partial charge in [-0.15, -0.1) is 4.36 Å². The molecule has 0 fully saturated rings. The summed E-state index contributed by atoms with van der Waals surface area (Å²) in [6, 6.07) is 10.3. The summed E-state index contributed by atoms with van der Waals surface area (Å²) < 4.78 is 43.3. The molecule has 0 bridgehead atoms. The van der Waals surface area contributed by atoms with Gasteiger partial charge in [0.25, 0.3) is 0 Å². The van der Waals surface area contributed by atoms with Crippen LogP contribution >= 0.6 is 0 Å². The van der Waals surface area contributed by atoms with Crippen molar-refractivity contribution in [2.45, 2.75) is 62.6 Å². The molecular formula is C26H28FN5O3S. The molecule has 8 nitrogen and oxygen atoms in total. The molecule has 2 heterocycles. The van der Waals surface area contributed by atoms with Crippen LogP contribution in [-0.2, 0) is 41.1 Å². The largest absolute Gasteiger partial charge is 0.474 e. The number of aromatic nitrogens is 2. The van der Waals surface area contributed by atoms with Gasteiger partial charge in [0.1, 0.15) is 17.7 Å². The van der Waals surface area contributed by atoms with E-state index in [0.717, 1.165) is 41.5 Å². The van der Waals surface area contributed by atoms with Crippen LogP contribution in [0, 0.1) is 0 Å². The van der Waals surface area contributed by atoms with E-state index in [4.69, 9.17) is 4.74 Å². The van der Waals surface area contributed by atoms with Crippen molar-refractivity contribution in [1.29, 1.82) is 0 Å². The van der Waals surface area contributed by atoms with Crippen molar-refractivity contribution in [2.75, 3.05) is 16.6 Å². The zero-order chi connectivity index (χ0) is 25.1. The maximum Gasteiger partial charge on any atom is 0.355 e. The average molecular weight is 510 g/mol. The number of fused-ring (bicyclic) bond motifs is 3. The smallest absolute Gasteiger partial charge is 0.355 e. The number of carbonyl (C=O) groups is 1. The molecule has 188 valence electrons. The van der Waals surface area contributed by atoms with Crippen LogP contribution in [0.25, 0.3) is 0 Å². The third kappa shape index (κ3) is 3.84. The molecule has 3 aromatic rings. The summed E-state index contributed by atoms with van der Waals surface area (Å²) in [5.41, 5.74) is 4.69. The van der Waals surface area contributed by atoms with Crippen LogP contribution in [0.2, 0.25) is 0 Å². The van der Waals surface area contributed by atoms with Crippen LogP contribution in [-0.4, -0.2) is 32.8 Å². The number of halogens is 1. The minimum Gasteiger partial charge on any atom is -0.474 e. The number of para-hydroxylation sites is 1. The first-order valence-corrected chi connectivity index (χ1v) is 13.7. The van der Waals surface area contributed by atoms with Gasteiger partial charge in [-0.25, -0.2) is 18.1 Å². The molecule has 0 unspecified atom stereocenters. The average Bonchev–Trinajstić information content (AvgIpc) is 3.59. The Morgan fingerprint density at radius 1 is 1.19 bits per heavy atom.